The number of carbonyl (C=O) groups is 1. The third-order valence-corrected chi connectivity index (χ3v) is 4.66. The first-order chi connectivity index (χ1) is 13.7. The third-order valence-electron chi connectivity index (χ3n) is 4.66. The van der Waals surface area contributed by atoms with E-state index < -0.39 is 0 Å². The predicted molar refractivity (Wildman–Crippen MR) is 105 cm³/mol. The Balaban J connectivity index is 1.39. The maximum absolute atomic E-state index is 12.4. The van der Waals surface area contributed by atoms with Gasteiger partial charge in [0, 0.05) is 56.9 Å². The molecule has 0 spiro atoms. The van der Waals surface area contributed by atoms with Gasteiger partial charge in [0.05, 0.1) is 6.26 Å². The van der Waals surface area contributed by atoms with Gasteiger partial charge in [0.15, 0.2) is 5.76 Å². The van der Waals surface area contributed by atoms with E-state index in [9.17, 15) is 4.79 Å². The average molecular weight is 378 g/mol. The van der Waals surface area contributed by atoms with E-state index in [1.807, 2.05) is 30.0 Å². The maximum atomic E-state index is 12.4. The highest BCUT2D eigenvalue weighted by molar-refractivity contribution is 5.91. The molecule has 1 aliphatic rings. The number of rotatable bonds is 5. The number of aromatic nitrogens is 3. The van der Waals surface area contributed by atoms with Gasteiger partial charge >= 0.3 is 0 Å². The minimum Gasteiger partial charge on any atom is -0.459 e. The number of piperazine rings is 1. The van der Waals surface area contributed by atoms with Gasteiger partial charge in [0.1, 0.15) is 5.82 Å². The zero-order valence-electron chi connectivity index (χ0n) is 15.7. The first-order valence-corrected chi connectivity index (χ1v) is 9.25. The minimum atomic E-state index is -0.0665. The minimum absolute atomic E-state index is 0.0665. The van der Waals surface area contributed by atoms with Crippen LogP contribution in [0.1, 0.15) is 21.8 Å². The van der Waals surface area contributed by atoms with Gasteiger partial charge in [-0.2, -0.15) is 4.98 Å². The number of furan rings is 1. The standard InChI is InChI=1S/C20H22N6O2/c1-15-13-18(24-20(23-15)22-14-16-4-6-21-7-5-16)25-8-10-26(11-9-25)19(27)17-3-2-12-28-17/h2-7,12-13H,8-11,14H2,1H3,(H,22,23,24). The Morgan fingerprint density at radius 1 is 1.14 bits per heavy atom. The van der Waals surface area contributed by atoms with Crippen molar-refractivity contribution in [3.63, 3.8) is 0 Å². The molecule has 144 valence electrons. The zero-order chi connectivity index (χ0) is 19.3. The molecule has 28 heavy (non-hydrogen) atoms. The number of hydrogen-bond acceptors (Lipinski definition) is 7. The van der Waals surface area contributed by atoms with Gasteiger partial charge in [-0.3, -0.25) is 9.78 Å². The predicted octanol–water partition coefficient (Wildman–Crippen LogP) is 2.35. The molecule has 8 nitrogen and oxygen atoms in total. The summed E-state index contributed by atoms with van der Waals surface area (Å²) in [6.07, 6.45) is 5.06. The molecule has 1 aliphatic heterocycles. The molecule has 3 aromatic heterocycles. The molecule has 0 bridgehead atoms. The summed E-state index contributed by atoms with van der Waals surface area (Å²) in [4.78, 5) is 29.6. The molecule has 0 atom stereocenters. The van der Waals surface area contributed by atoms with Gasteiger partial charge in [-0.05, 0) is 36.8 Å². The molecule has 1 fully saturated rings. The van der Waals surface area contributed by atoms with E-state index in [0.717, 1.165) is 17.1 Å². The monoisotopic (exact) mass is 378 g/mol. The molecule has 3 aromatic rings. The van der Waals surface area contributed by atoms with E-state index in [1.54, 1.807) is 24.5 Å². The van der Waals surface area contributed by atoms with Crippen molar-refractivity contribution in [3.8, 4) is 0 Å². The van der Waals surface area contributed by atoms with Gasteiger partial charge in [-0.1, -0.05) is 0 Å². The van der Waals surface area contributed by atoms with Crippen molar-refractivity contribution in [2.75, 3.05) is 36.4 Å². The van der Waals surface area contributed by atoms with Crippen molar-refractivity contribution in [2.24, 2.45) is 0 Å². The molecular formula is C20H22N6O2. The van der Waals surface area contributed by atoms with E-state index in [4.69, 9.17) is 4.42 Å². The highest BCUT2D eigenvalue weighted by Gasteiger charge is 2.24. The second-order valence-electron chi connectivity index (χ2n) is 6.66. The third kappa shape index (κ3) is 4.11. The van der Waals surface area contributed by atoms with Gasteiger partial charge in [0.2, 0.25) is 5.95 Å². The van der Waals surface area contributed by atoms with Crippen molar-refractivity contribution in [1.29, 1.82) is 0 Å². The number of carbonyl (C=O) groups excluding carboxylic acids is 1. The summed E-state index contributed by atoms with van der Waals surface area (Å²) in [5.74, 6) is 1.79. The maximum Gasteiger partial charge on any atom is 0.289 e. The molecular weight excluding hydrogens is 356 g/mol. The van der Waals surface area contributed by atoms with Gasteiger partial charge in [-0.25, -0.2) is 4.98 Å². The molecule has 0 saturated carbocycles. The Morgan fingerprint density at radius 3 is 2.64 bits per heavy atom. The van der Waals surface area contributed by atoms with Gasteiger partial charge in [-0.15, -0.1) is 0 Å². The molecule has 1 amide bonds. The lowest BCUT2D eigenvalue weighted by Gasteiger charge is -2.35. The molecule has 0 aromatic carbocycles. The van der Waals surface area contributed by atoms with Crippen LogP contribution in [0.2, 0.25) is 0 Å². The molecule has 0 unspecified atom stereocenters. The van der Waals surface area contributed by atoms with Crippen LogP contribution in [0.3, 0.4) is 0 Å². The lowest BCUT2D eigenvalue weighted by molar-refractivity contribution is 0.0714. The summed E-state index contributed by atoms with van der Waals surface area (Å²) in [5.41, 5.74) is 2.02. The number of pyridine rings is 1. The fourth-order valence-corrected chi connectivity index (χ4v) is 3.17. The first kappa shape index (κ1) is 18.0. The number of aryl methyl sites for hydroxylation is 1. The number of amides is 1. The summed E-state index contributed by atoms with van der Waals surface area (Å²) in [6, 6.07) is 9.32. The van der Waals surface area contributed by atoms with Crippen LogP contribution in [0, 0.1) is 6.92 Å². The summed E-state index contributed by atoms with van der Waals surface area (Å²) in [5, 5.41) is 3.27. The lowest BCUT2D eigenvalue weighted by Crippen LogP contribution is -2.49. The molecule has 1 N–H and O–H groups in total. The van der Waals surface area contributed by atoms with Crippen LogP contribution in [0.4, 0.5) is 11.8 Å². The van der Waals surface area contributed by atoms with Gasteiger partial charge < -0.3 is 19.5 Å². The second-order valence-corrected chi connectivity index (χ2v) is 6.66. The average Bonchev–Trinajstić information content (AvgIpc) is 3.27. The fourth-order valence-electron chi connectivity index (χ4n) is 3.17. The Bertz CT molecular complexity index is 921. The Morgan fingerprint density at radius 2 is 1.93 bits per heavy atom. The Labute approximate surface area is 163 Å². The highest BCUT2D eigenvalue weighted by Crippen LogP contribution is 2.18. The molecule has 4 rings (SSSR count). The van der Waals surface area contributed by atoms with Crippen LogP contribution in [0.25, 0.3) is 0 Å². The second kappa shape index (κ2) is 8.08. The number of hydrogen-bond donors (Lipinski definition) is 1. The van der Waals surface area contributed by atoms with Crippen molar-refractivity contribution in [2.45, 2.75) is 13.5 Å². The summed E-state index contributed by atoms with van der Waals surface area (Å²) < 4.78 is 5.22. The van der Waals surface area contributed by atoms with E-state index in [1.165, 1.54) is 6.26 Å². The number of anilines is 2. The molecule has 0 radical (unpaired) electrons. The molecule has 4 heterocycles. The van der Waals surface area contributed by atoms with E-state index in [2.05, 4.69) is 25.2 Å². The normalized spacial score (nSPS) is 14.2. The summed E-state index contributed by atoms with van der Waals surface area (Å²) in [6.45, 7) is 5.28. The van der Waals surface area contributed by atoms with Crippen LogP contribution in [-0.4, -0.2) is 51.9 Å². The topological polar surface area (TPSA) is 87.4 Å². The largest absolute Gasteiger partial charge is 0.459 e. The summed E-state index contributed by atoms with van der Waals surface area (Å²) >= 11 is 0. The van der Waals surface area contributed by atoms with E-state index >= 15 is 0 Å². The molecule has 0 aliphatic carbocycles. The number of nitrogens with one attached hydrogen (secondary N) is 1. The number of nitrogens with zero attached hydrogens (tertiary/aromatic N) is 5. The summed E-state index contributed by atoms with van der Waals surface area (Å²) in [7, 11) is 0. The SMILES string of the molecule is Cc1cc(N2CCN(C(=O)c3ccco3)CC2)nc(NCc2ccncc2)n1. The smallest absolute Gasteiger partial charge is 0.289 e. The van der Waals surface area contributed by atoms with Crippen LogP contribution in [0.5, 0.6) is 0 Å². The fraction of sp³-hybridized carbons (Fsp3) is 0.300. The first-order valence-electron chi connectivity index (χ1n) is 9.25. The van der Waals surface area contributed by atoms with E-state index in [0.29, 0.717) is 44.4 Å². The molecule has 8 heteroatoms. The molecule has 1 saturated heterocycles. The van der Waals surface area contributed by atoms with Crippen molar-refractivity contribution in [1.82, 2.24) is 19.9 Å². The Hall–Kier alpha value is -3.42. The van der Waals surface area contributed by atoms with Crippen LogP contribution >= 0.6 is 0 Å². The highest BCUT2D eigenvalue weighted by atomic mass is 16.3. The van der Waals surface area contributed by atoms with Crippen molar-refractivity contribution < 1.29 is 9.21 Å². The lowest BCUT2D eigenvalue weighted by atomic mass is 10.2. The van der Waals surface area contributed by atoms with Crippen LogP contribution in [-0.2, 0) is 6.54 Å². The van der Waals surface area contributed by atoms with Gasteiger partial charge in [0.25, 0.3) is 5.91 Å². The van der Waals surface area contributed by atoms with Crippen molar-refractivity contribution in [3.05, 3.63) is 66.0 Å². The Kier molecular flexibility index (Phi) is 5.18. The zero-order valence-corrected chi connectivity index (χ0v) is 15.7. The van der Waals surface area contributed by atoms with E-state index in [-0.39, 0.29) is 5.91 Å². The van der Waals surface area contributed by atoms with Crippen LogP contribution in [0.15, 0.2) is 53.4 Å². The van der Waals surface area contributed by atoms with Crippen LogP contribution < -0.4 is 10.2 Å². The van der Waals surface area contributed by atoms with Crippen molar-refractivity contribution >= 4 is 17.7 Å². The quantitative estimate of drug-likeness (QED) is 0.729.